The van der Waals surface area contributed by atoms with Crippen molar-refractivity contribution in [2.24, 2.45) is 7.05 Å². The highest BCUT2D eigenvalue weighted by atomic mass is 15.1. The Labute approximate surface area is 212 Å². The van der Waals surface area contributed by atoms with Gasteiger partial charge in [-0.1, -0.05) is 78.9 Å². The van der Waals surface area contributed by atoms with E-state index in [-0.39, 0.29) is 0 Å². The molecule has 0 amide bonds. The molecule has 0 aliphatic rings. The van der Waals surface area contributed by atoms with E-state index in [2.05, 4.69) is 162 Å². The molecule has 0 aliphatic carbocycles. The summed E-state index contributed by atoms with van der Waals surface area (Å²) in [5.41, 5.74) is 8.23. The van der Waals surface area contributed by atoms with E-state index in [1.165, 1.54) is 33.2 Å². The standard InChI is InChI=1S/C34H27N2/c1-35-25-30-12-9-8-11-28(30)24-34(35)29-14-10-13-27(23-29)26-19-21-33(22-20-26)36(31-15-4-2-5-16-31)32-17-6-3-7-18-32/h2-25H,1H3/q+1. The van der Waals surface area contributed by atoms with E-state index >= 15 is 0 Å². The summed E-state index contributed by atoms with van der Waals surface area (Å²) >= 11 is 0. The molecule has 0 radical (unpaired) electrons. The van der Waals surface area contributed by atoms with Crippen LogP contribution in [-0.2, 0) is 7.05 Å². The number of rotatable bonds is 5. The Balaban J connectivity index is 1.36. The topological polar surface area (TPSA) is 7.12 Å². The first kappa shape index (κ1) is 21.8. The lowest BCUT2D eigenvalue weighted by Crippen LogP contribution is -2.30. The highest BCUT2D eigenvalue weighted by molar-refractivity contribution is 5.84. The third-order valence-corrected chi connectivity index (χ3v) is 6.65. The van der Waals surface area contributed by atoms with E-state index in [4.69, 9.17) is 0 Å². The zero-order valence-electron chi connectivity index (χ0n) is 20.3. The van der Waals surface area contributed by atoms with Crippen LogP contribution in [0.2, 0.25) is 0 Å². The van der Waals surface area contributed by atoms with E-state index in [9.17, 15) is 0 Å². The Morgan fingerprint density at radius 3 is 1.67 bits per heavy atom. The molecule has 0 saturated carbocycles. The molecule has 1 heterocycles. The summed E-state index contributed by atoms with van der Waals surface area (Å²) in [5, 5.41) is 2.50. The van der Waals surface area contributed by atoms with E-state index in [0.717, 1.165) is 17.1 Å². The second-order valence-electron chi connectivity index (χ2n) is 9.03. The quantitative estimate of drug-likeness (QED) is 0.233. The van der Waals surface area contributed by atoms with Crippen LogP contribution in [0.3, 0.4) is 0 Å². The number of fused-ring (bicyclic) bond motifs is 1. The van der Waals surface area contributed by atoms with Gasteiger partial charge in [0.05, 0.1) is 0 Å². The molecular weight excluding hydrogens is 436 g/mol. The number of para-hydroxylation sites is 2. The van der Waals surface area contributed by atoms with Gasteiger partial charge in [0.1, 0.15) is 7.05 Å². The summed E-state index contributed by atoms with van der Waals surface area (Å²) in [6.07, 6.45) is 2.20. The van der Waals surface area contributed by atoms with E-state index in [1.54, 1.807) is 0 Å². The van der Waals surface area contributed by atoms with Gasteiger partial charge in [-0.25, -0.2) is 4.57 Å². The summed E-state index contributed by atoms with van der Waals surface area (Å²) < 4.78 is 2.21. The SMILES string of the molecule is C[n+]1cc2ccccc2cc1-c1cccc(-c2ccc(N(c3ccccc3)c3ccccc3)cc2)c1. The highest BCUT2D eigenvalue weighted by Crippen LogP contribution is 2.35. The zero-order valence-corrected chi connectivity index (χ0v) is 20.3. The lowest BCUT2D eigenvalue weighted by molar-refractivity contribution is -0.659. The van der Waals surface area contributed by atoms with Crippen molar-refractivity contribution in [3.05, 3.63) is 146 Å². The molecule has 2 heteroatoms. The normalized spacial score (nSPS) is 10.9. The monoisotopic (exact) mass is 463 g/mol. The molecular formula is C34H27N2+. The molecule has 0 bridgehead atoms. The molecule has 0 aliphatic heterocycles. The molecule has 2 nitrogen and oxygen atoms in total. The molecule has 1 aromatic heterocycles. The van der Waals surface area contributed by atoms with Crippen molar-refractivity contribution in [2.75, 3.05) is 4.90 Å². The van der Waals surface area contributed by atoms with Gasteiger partial charge in [0.15, 0.2) is 6.20 Å². The molecule has 36 heavy (non-hydrogen) atoms. The summed E-state index contributed by atoms with van der Waals surface area (Å²) in [5.74, 6) is 0. The minimum absolute atomic E-state index is 1.13. The molecule has 0 saturated heterocycles. The smallest absolute Gasteiger partial charge is 0.212 e. The van der Waals surface area contributed by atoms with Crippen molar-refractivity contribution in [3.8, 4) is 22.4 Å². The number of pyridine rings is 1. The van der Waals surface area contributed by atoms with Gasteiger partial charge < -0.3 is 4.90 Å². The first-order valence-corrected chi connectivity index (χ1v) is 12.3. The molecule has 5 aromatic carbocycles. The van der Waals surface area contributed by atoms with Crippen LogP contribution in [0.4, 0.5) is 17.1 Å². The van der Waals surface area contributed by atoms with Gasteiger partial charge >= 0.3 is 0 Å². The summed E-state index contributed by atoms with van der Waals surface area (Å²) in [4.78, 5) is 2.29. The zero-order chi connectivity index (χ0) is 24.3. The van der Waals surface area contributed by atoms with Crippen LogP contribution in [0.15, 0.2) is 146 Å². The van der Waals surface area contributed by atoms with Crippen LogP contribution < -0.4 is 9.47 Å². The van der Waals surface area contributed by atoms with Gasteiger partial charge in [-0.3, -0.25) is 0 Å². The number of hydrogen-bond donors (Lipinski definition) is 0. The predicted molar refractivity (Wildman–Crippen MR) is 151 cm³/mol. The van der Waals surface area contributed by atoms with Crippen LogP contribution in [0.5, 0.6) is 0 Å². The highest BCUT2D eigenvalue weighted by Gasteiger charge is 2.14. The fourth-order valence-electron chi connectivity index (χ4n) is 4.84. The Morgan fingerprint density at radius 2 is 1.00 bits per heavy atom. The van der Waals surface area contributed by atoms with Crippen molar-refractivity contribution >= 4 is 27.8 Å². The minimum Gasteiger partial charge on any atom is -0.311 e. The van der Waals surface area contributed by atoms with Gasteiger partial charge in [0, 0.05) is 34.1 Å². The summed E-state index contributed by atoms with van der Waals surface area (Å²) in [6, 6.07) is 49.5. The second kappa shape index (κ2) is 9.52. The first-order valence-electron chi connectivity index (χ1n) is 12.3. The molecule has 6 rings (SSSR count). The lowest BCUT2D eigenvalue weighted by Gasteiger charge is -2.25. The largest absolute Gasteiger partial charge is 0.311 e. The molecule has 0 atom stereocenters. The van der Waals surface area contributed by atoms with Crippen molar-refractivity contribution in [1.82, 2.24) is 0 Å². The van der Waals surface area contributed by atoms with Crippen LogP contribution >= 0.6 is 0 Å². The predicted octanol–water partition coefficient (Wildman–Crippen LogP) is 8.47. The van der Waals surface area contributed by atoms with Crippen molar-refractivity contribution in [3.63, 3.8) is 0 Å². The van der Waals surface area contributed by atoms with Gasteiger partial charge in [0.2, 0.25) is 5.69 Å². The van der Waals surface area contributed by atoms with Crippen molar-refractivity contribution in [2.45, 2.75) is 0 Å². The van der Waals surface area contributed by atoms with Crippen LogP contribution in [-0.4, -0.2) is 0 Å². The van der Waals surface area contributed by atoms with Gasteiger partial charge in [-0.15, -0.1) is 0 Å². The number of hydrogen-bond acceptors (Lipinski definition) is 1. The molecule has 0 fully saturated rings. The molecule has 0 N–H and O–H groups in total. The third-order valence-electron chi connectivity index (χ3n) is 6.65. The number of aromatic nitrogens is 1. The number of nitrogens with zero attached hydrogens (tertiary/aromatic N) is 2. The maximum absolute atomic E-state index is 2.29. The molecule has 172 valence electrons. The second-order valence-corrected chi connectivity index (χ2v) is 9.03. The first-order chi connectivity index (χ1) is 17.8. The third kappa shape index (κ3) is 4.25. The maximum atomic E-state index is 2.29. The number of anilines is 3. The van der Waals surface area contributed by atoms with Crippen molar-refractivity contribution in [1.29, 1.82) is 0 Å². The van der Waals surface area contributed by atoms with E-state index < -0.39 is 0 Å². The Morgan fingerprint density at radius 1 is 0.444 bits per heavy atom. The van der Waals surface area contributed by atoms with Crippen LogP contribution in [0, 0.1) is 0 Å². The summed E-state index contributed by atoms with van der Waals surface area (Å²) in [6.45, 7) is 0. The van der Waals surface area contributed by atoms with E-state index in [0.29, 0.717) is 0 Å². The minimum atomic E-state index is 1.13. The Hall–Kier alpha value is -4.69. The van der Waals surface area contributed by atoms with Crippen LogP contribution in [0.1, 0.15) is 0 Å². The molecule has 0 unspecified atom stereocenters. The average Bonchev–Trinajstić information content (AvgIpc) is 2.94. The number of benzene rings is 5. The Bertz CT molecular complexity index is 1580. The van der Waals surface area contributed by atoms with Crippen molar-refractivity contribution < 1.29 is 4.57 Å². The van der Waals surface area contributed by atoms with E-state index in [1.807, 2.05) is 0 Å². The Kier molecular flexibility index (Phi) is 5.77. The number of aryl methyl sites for hydroxylation is 1. The molecule has 6 aromatic rings. The van der Waals surface area contributed by atoms with Gasteiger partial charge in [0.25, 0.3) is 0 Å². The fraction of sp³-hybridized carbons (Fsp3) is 0.0294. The average molecular weight is 464 g/mol. The lowest BCUT2D eigenvalue weighted by atomic mass is 10.00. The maximum Gasteiger partial charge on any atom is 0.212 e. The van der Waals surface area contributed by atoms with Crippen LogP contribution in [0.25, 0.3) is 33.2 Å². The molecule has 0 spiro atoms. The van der Waals surface area contributed by atoms with Gasteiger partial charge in [-0.05, 0) is 71.1 Å². The van der Waals surface area contributed by atoms with Gasteiger partial charge in [-0.2, -0.15) is 0 Å². The summed E-state index contributed by atoms with van der Waals surface area (Å²) in [7, 11) is 2.12. The fourth-order valence-corrected chi connectivity index (χ4v) is 4.84.